The van der Waals surface area contributed by atoms with Crippen LogP contribution in [-0.2, 0) is 16.0 Å². The molecule has 1 fully saturated rings. The van der Waals surface area contributed by atoms with E-state index in [0.29, 0.717) is 19.4 Å². The van der Waals surface area contributed by atoms with Crippen LogP contribution in [0.5, 0.6) is 0 Å². The molecule has 4 rings (SSSR count). The van der Waals surface area contributed by atoms with E-state index in [1.54, 1.807) is 16.2 Å². The summed E-state index contributed by atoms with van der Waals surface area (Å²) >= 11 is 1.67. The van der Waals surface area contributed by atoms with Gasteiger partial charge < -0.3 is 10.2 Å². The van der Waals surface area contributed by atoms with Crippen LogP contribution in [-0.4, -0.2) is 36.0 Å². The van der Waals surface area contributed by atoms with Crippen molar-refractivity contribution in [3.8, 4) is 0 Å². The van der Waals surface area contributed by atoms with Gasteiger partial charge in [-0.2, -0.15) is 13.2 Å². The molecule has 1 aliphatic heterocycles. The zero-order valence-electron chi connectivity index (χ0n) is 17.1. The molecule has 1 aromatic heterocycles. The van der Waals surface area contributed by atoms with Gasteiger partial charge >= 0.3 is 6.18 Å². The van der Waals surface area contributed by atoms with Crippen LogP contribution in [0.4, 0.5) is 13.2 Å². The molecule has 2 amide bonds. The van der Waals surface area contributed by atoms with E-state index in [9.17, 15) is 22.8 Å². The normalized spacial score (nSPS) is 20.4. The summed E-state index contributed by atoms with van der Waals surface area (Å²) in [4.78, 5) is 28.5. The fourth-order valence-corrected chi connectivity index (χ4v) is 5.70. The Morgan fingerprint density at radius 1 is 1.13 bits per heavy atom. The Labute approximate surface area is 183 Å². The number of alkyl halides is 3. The van der Waals surface area contributed by atoms with Crippen molar-refractivity contribution in [1.29, 1.82) is 0 Å². The van der Waals surface area contributed by atoms with E-state index in [2.05, 4.69) is 5.32 Å². The number of benzene rings is 1. The van der Waals surface area contributed by atoms with Gasteiger partial charge in [0.15, 0.2) is 0 Å². The standard InChI is InChI=1S/C23H25F3N2O2S/c24-23(25,26)22(11-4-5-12-22)21(30)27-13-8-19(29)28-14-9-18-17(10-15-31-18)20(28)16-6-2-1-3-7-16/h1-3,6-7,10,15,20H,4-5,8-9,11-14H2,(H,27,30). The lowest BCUT2D eigenvalue weighted by atomic mass is 9.84. The first-order chi connectivity index (χ1) is 14.8. The first-order valence-electron chi connectivity index (χ1n) is 10.6. The summed E-state index contributed by atoms with van der Waals surface area (Å²) < 4.78 is 40.7. The van der Waals surface area contributed by atoms with Crippen LogP contribution >= 0.6 is 11.3 Å². The first-order valence-corrected chi connectivity index (χ1v) is 11.5. The van der Waals surface area contributed by atoms with E-state index in [0.717, 1.165) is 17.5 Å². The summed E-state index contributed by atoms with van der Waals surface area (Å²) in [6.07, 6.45) is -3.42. The highest BCUT2D eigenvalue weighted by Crippen LogP contribution is 2.50. The third-order valence-electron chi connectivity index (χ3n) is 6.46. The number of carbonyl (C=O) groups is 2. The highest BCUT2D eigenvalue weighted by atomic mass is 32.1. The minimum absolute atomic E-state index is 0.0253. The molecule has 0 saturated heterocycles. The minimum atomic E-state index is -4.57. The second-order valence-corrected chi connectivity index (χ2v) is 9.24. The van der Waals surface area contributed by atoms with Crippen LogP contribution in [0, 0.1) is 5.41 Å². The number of amides is 2. The summed E-state index contributed by atoms with van der Waals surface area (Å²) in [6, 6.07) is 11.6. The number of rotatable bonds is 5. The van der Waals surface area contributed by atoms with Crippen molar-refractivity contribution in [3.05, 3.63) is 57.8 Å². The number of hydrogen-bond donors (Lipinski definition) is 1. The van der Waals surface area contributed by atoms with Gasteiger partial charge in [-0.1, -0.05) is 43.2 Å². The number of carbonyl (C=O) groups excluding carboxylic acids is 2. The number of hydrogen-bond acceptors (Lipinski definition) is 3. The Bertz CT molecular complexity index is 936. The SMILES string of the molecule is O=C(CCNC(=O)C1(C(F)(F)F)CCCC1)N1CCc2sccc2C1c1ccccc1. The van der Waals surface area contributed by atoms with Crippen LogP contribution in [0.2, 0.25) is 0 Å². The maximum atomic E-state index is 13.6. The van der Waals surface area contributed by atoms with Gasteiger partial charge in [0.25, 0.3) is 0 Å². The molecule has 0 bridgehead atoms. The largest absolute Gasteiger partial charge is 0.403 e. The highest BCUT2D eigenvalue weighted by Gasteiger charge is 2.60. The van der Waals surface area contributed by atoms with Gasteiger partial charge in [-0.05, 0) is 41.8 Å². The van der Waals surface area contributed by atoms with Crippen LogP contribution in [0.1, 0.15) is 54.1 Å². The summed E-state index contributed by atoms with van der Waals surface area (Å²) in [6.45, 7) is 0.455. The average Bonchev–Trinajstić information content (AvgIpc) is 3.43. The maximum absolute atomic E-state index is 13.6. The van der Waals surface area contributed by atoms with Gasteiger partial charge in [-0.25, -0.2) is 0 Å². The van der Waals surface area contributed by atoms with E-state index in [4.69, 9.17) is 0 Å². The van der Waals surface area contributed by atoms with Crippen LogP contribution in [0.25, 0.3) is 0 Å². The Morgan fingerprint density at radius 3 is 2.52 bits per heavy atom. The van der Waals surface area contributed by atoms with Crippen molar-refractivity contribution >= 4 is 23.2 Å². The molecule has 4 nitrogen and oxygen atoms in total. The molecule has 2 heterocycles. The molecule has 1 saturated carbocycles. The molecule has 1 aromatic carbocycles. The minimum Gasteiger partial charge on any atom is -0.355 e. The molecule has 0 radical (unpaired) electrons. The lowest BCUT2D eigenvalue weighted by molar-refractivity contribution is -0.220. The lowest BCUT2D eigenvalue weighted by Gasteiger charge is -2.36. The van der Waals surface area contributed by atoms with Crippen LogP contribution in [0.3, 0.4) is 0 Å². The van der Waals surface area contributed by atoms with E-state index in [1.807, 2.05) is 41.8 Å². The molecular weight excluding hydrogens is 425 g/mol. The second-order valence-electron chi connectivity index (χ2n) is 8.24. The zero-order chi connectivity index (χ0) is 22.1. The lowest BCUT2D eigenvalue weighted by Crippen LogP contribution is -2.50. The van der Waals surface area contributed by atoms with Crippen molar-refractivity contribution in [2.75, 3.05) is 13.1 Å². The van der Waals surface area contributed by atoms with E-state index in [-0.39, 0.29) is 37.8 Å². The quantitative estimate of drug-likeness (QED) is 0.708. The zero-order valence-corrected chi connectivity index (χ0v) is 17.9. The van der Waals surface area contributed by atoms with Crippen LogP contribution in [0.15, 0.2) is 41.8 Å². The van der Waals surface area contributed by atoms with Gasteiger partial charge in [0.2, 0.25) is 11.8 Å². The number of thiophene rings is 1. The molecule has 1 aliphatic carbocycles. The predicted octanol–water partition coefficient (Wildman–Crippen LogP) is 4.85. The number of fused-ring (bicyclic) bond motifs is 1. The first kappa shape index (κ1) is 21.9. The van der Waals surface area contributed by atoms with Gasteiger partial charge in [0.05, 0.1) is 6.04 Å². The Morgan fingerprint density at radius 2 is 1.84 bits per heavy atom. The average molecular weight is 451 g/mol. The smallest absolute Gasteiger partial charge is 0.355 e. The molecule has 2 aromatic rings. The summed E-state index contributed by atoms with van der Waals surface area (Å²) in [5, 5.41) is 4.43. The number of nitrogens with zero attached hydrogens (tertiary/aromatic N) is 1. The van der Waals surface area contributed by atoms with Crippen molar-refractivity contribution < 1.29 is 22.8 Å². The van der Waals surface area contributed by atoms with Gasteiger partial charge in [-0.3, -0.25) is 9.59 Å². The predicted molar refractivity (Wildman–Crippen MR) is 113 cm³/mol. The Hall–Kier alpha value is -2.35. The fourth-order valence-electron chi connectivity index (χ4n) is 4.79. The summed E-state index contributed by atoms with van der Waals surface area (Å²) in [7, 11) is 0. The van der Waals surface area contributed by atoms with Gasteiger partial charge in [0.1, 0.15) is 5.41 Å². The maximum Gasteiger partial charge on any atom is 0.403 e. The molecule has 31 heavy (non-hydrogen) atoms. The van der Waals surface area contributed by atoms with Crippen molar-refractivity contribution in [1.82, 2.24) is 10.2 Å². The van der Waals surface area contributed by atoms with Gasteiger partial charge in [0, 0.05) is 24.4 Å². The van der Waals surface area contributed by atoms with Crippen molar-refractivity contribution in [2.24, 2.45) is 5.41 Å². The third-order valence-corrected chi connectivity index (χ3v) is 7.46. The highest BCUT2D eigenvalue weighted by molar-refractivity contribution is 7.10. The number of halogens is 3. The topological polar surface area (TPSA) is 49.4 Å². The van der Waals surface area contributed by atoms with Crippen LogP contribution < -0.4 is 5.32 Å². The van der Waals surface area contributed by atoms with Crippen molar-refractivity contribution in [2.45, 2.75) is 50.7 Å². The molecule has 1 unspecified atom stereocenters. The molecule has 1 atom stereocenters. The summed E-state index contributed by atoms with van der Waals surface area (Å²) in [5.41, 5.74) is -0.206. The third kappa shape index (κ3) is 4.10. The fraction of sp³-hybridized carbons (Fsp3) is 0.478. The monoisotopic (exact) mass is 450 g/mol. The van der Waals surface area contributed by atoms with Gasteiger partial charge in [-0.15, -0.1) is 11.3 Å². The second kappa shape index (κ2) is 8.65. The molecule has 8 heteroatoms. The van der Waals surface area contributed by atoms with E-state index in [1.165, 1.54) is 4.88 Å². The van der Waals surface area contributed by atoms with E-state index < -0.39 is 17.5 Å². The number of nitrogens with one attached hydrogen (secondary N) is 1. The molecule has 0 spiro atoms. The molecular formula is C23H25F3N2O2S. The summed E-state index contributed by atoms with van der Waals surface area (Å²) in [5.74, 6) is -1.16. The Balaban J connectivity index is 1.44. The van der Waals surface area contributed by atoms with Crippen molar-refractivity contribution in [3.63, 3.8) is 0 Å². The Kier molecular flexibility index (Phi) is 6.10. The van der Waals surface area contributed by atoms with E-state index >= 15 is 0 Å². The molecule has 2 aliphatic rings. The molecule has 1 N–H and O–H groups in total. The molecule has 166 valence electrons.